The summed E-state index contributed by atoms with van der Waals surface area (Å²) in [6.07, 6.45) is 3.98. The first-order valence-corrected chi connectivity index (χ1v) is 12.4. The van der Waals surface area contributed by atoms with Crippen molar-refractivity contribution in [1.82, 2.24) is 0 Å². The standard InChI is InChI=1S/C25H36O5S/c1-18(26)16-25(5,6)17-20(30-23(27)24(2,3)4)15-22(14-19-12-13-19)31(28,29)21-10-8-7-9-11-21/h7-11,14,19-20H,12-13,15-17H2,1-6H3/b22-14+. The zero-order valence-electron chi connectivity index (χ0n) is 19.6. The molecule has 0 bridgehead atoms. The summed E-state index contributed by atoms with van der Waals surface area (Å²) in [7, 11) is -3.70. The number of benzene rings is 1. The summed E-state index contributed by atoms with van der Waals surface area (Å²) in [5.74, 6) is -0.0757. The van der Waals surface area contributed by atoms with E-state index in [1.165, 1.54) is 6.92 Å². The van der Waals surface area contributed by atoms with Crippen LogP contribution in [0.5, 0.6) is 0 Å². The molecular weight excluding hydrogens is 412 g/mol. The predicted octanol–water partition coefficient (Wildman–Crippen LogP) is 5.50. The minimum atomic E-state index is -3.70. The normalized spacial score (nSPS) is 16.6. The fraction of sp³-hybridized carbons (Fsp3) is 0.600. The highest BCUT2D eigenvalue weighted by Gasteiger charge is 2.35. The number of ether oxygens (including phenoxy) is 1. The molecule has 0 radical (unpaired) electrons. The minimum absolute atomic E-state index is 0.0524. The molecule has 31 heavy (non-hydrogen) atoms. The molecule has 1 aromatic rings. The van der Waals surface area contributed by atoms with Gasteiger partial charge in [-0.15, -0.1) is 0 Å². The third-order valence-corrected chi connectivity index (χ3v) is 7.15. The van der Waals surface area contributed by atoms with Crippen LogP contribution >= 0.6 is 0 Å². The highest BCUT2D eigenvalue weighted by molar-refractivity contribution is 7.95. The minimum Gasteiger partial charge on any atom is -0.462 e. The Morgan fingerprint density at radius 1 is 1.10 bits per heavy atom. The van der Waals surface area contributed by atoms with Gasteiger partial charge in [0.05, 0.1) is 10.3 Å². The maximum Gasteiger partial charge on any atom is 0.311 e. The van der Waals surface area contributed by atoms with Crippen LogP contribution in [0.25, 0.3) is 0 Å². The first-order valence-electron chi connectivity index (χ1n) is 10.9. The summed E-state index contributed by atoms with van der Waals surface area (Å²) in [5.41, 5.74) is -1.13. The van der Waals surface area contributed by atoms with Gasteiger partial charge in [0, 0.05) is 17.7 Å². The molecule has 1 unspecified atom stereocenters. The Balaban J connectivity index is 2.37. The topological polar surface area (TPSA) is 77.5 Å². The van der Waals surface area contributed by atoms with Crippen LogP contribution < -0.4 is 0 Å². The first kappa shape index (κ1) is 25.3. The lowest BCUT2D eigenvalue weighted by Gasteiger charge is -2.31. The molecular formula is C25H36O5S. The van der Waals surface area contributed by atoms with Crippen LogP contribution in [0, 0.1) is 16.7 Å². The third kappa shape index (κ3) is 7.91. The van der Waals surface area contributed by atoms with Gasteiger partial charge in [0.2, 0.25) is 9.84 Å². The Kier molecular flexibility index (Phi) is 7.90. The Labute approximate surface area is 187 Å². The number of hydrogen-bond donors (Lipinski definition) is 0. The lowest BCUT2D eigenvalue weighted by atomic mass is 9.81. The summed E-state index contributed by atoms with van der Waals surface area (Å²) in [6.45, 7) is 10.7. The van der Waals surface area contributed by atoms with E-state index in [1.54, 1.807) is 51.1 Å². The Morgan fingerprint density at radius 3 is 2.16 bits per heavy atom. The number of carbonyl (C=O) groups excluding carboxylic acids is 2. The monoisotopic (exact) mass is 448 g/mol. The quantitative estimate of drug-likeness (QED) is 0.442. The Morgan fingerprint density at radius 2 is 1.68 bits per heavy atom. The molecule has 0 N–H and O–H groups in total. The lowest BCUT2D eigenvalue weighted by Crippen LogP contribution is -2.33. The van der Waals surface area contributed by atoms with E-state index in [9.17, 15) is 18.0 Å². The maximum absolute atomic E-state index is 13.4. The molecule has 0 aliphatic heterocycles. The zero-order valence-corrected chi connectivity index (χ0v) is 20.4. The zero-order chi connectivity index (χ0) is 23.4. The maximum atomic E-state index is 13.4. The number of esters is 1. The van der Waals surface area contributed by atoms with Crippen molar-refractivity contribution in [3.63, 3.8) is 0 Å². The van der Waals surface area contributed by atoms with Gasteiger partial charge in [0.15, 0.2) is 0 Å². The molecule has 0 amide bonds. The van der Waals surface area contributed by atoms with E-state index in [0.29, 0.717) is 17.7 Å². The van der Waals surface area contributed by atoms with Gasteiger partial charge in [0.25, 0.3) is 0 Å². The Hall–Kier alpha value is -1.95. The second-order valence-corrected chi connectivity index (χ2v) is 12.5. The third-order valence-electron chi connectivity index (χ3n) is 5.26. The summed E-state index contributed by atoms with van der Waals surface area (Å²) in [5, 5.41) is 0. The number of Topliss-reactive ketones (excluding diaryl/α,β-unsaturated/α-hetero) is 1. The molecule has 1 saturated carbocycles. The van der Waals surface area contributed by atoms with Gasteiger partial charge in [-0.3, -0.25) is 4.79 Å². The Bertz CT molecular complexity index is 916. The molecule has 0 spiro atoms. The van der Waals surface area contributed by atoms with Crippen LogP contribution in [0.15, 0.2) is 46.2 Å². The lowest BCUT2D eigenvalue weighted by molar-refractivity contribution is -0.160. The predicted molar refractivity (Wildman–Crippen MR) is 122 cm³/mol. The molecule has 1 fully saturated rings. The number of rotatable bonds is 10. The number of carbonyl (C=O) groups is 2. The van der Waals surface area contributed by atoms with Crippen LogP contribution in [0.4, 0.5) is 0 Å². The molecule has 2 rings (SSSR count). The van der Waals surface area contributed by atoms with Crippen LogP contribution in [0.1, 0.15) is 73.6 Å². The van der Waals surface area contributed by atoms with Crippen LogP contribution in [-0.2, 0) is 24.2 Å². The number of hydrogen-bond acceptors (Lipinski definition) is 5. The van der Waals surface area contributed by atoms with E-state index in [-0.39, 0.29) is 29.0 Å². The number of ketones is 1. The smallest absolute Gasteiger partial charge is 0.311 e. The van der Waals surface area contributed by atoms with Gasteiger partial charge in [0.1, 0.15) is 11.9 Å². The first-order chi connectivity index (χ1) is 14.2. The summed E-state index contributed by atoms with van der Waals surface area (Å²) in [4.78, 5) is 24.9. The average Bonchev–Trinajstić information content (AvgIpc) is 3.43. The number of sulfone groups is 1. The fourth-order valence-corrected chi connectivity index (χ4v) is 5.21. The molecule has 0 saturated heterocycles. The van der Waals surface area contributed by atoms with E-state index >= 15 is 0 Å². The number of allylic oxidation sites excluding steroid dienone is 1. The van der Waals surface area contributed by atoms with Crippen molar-refractivity contribution in [2.75, 3.05) is 0 Å². The van der Waals surface area contributed by atoms with Crippen LogP contribution in [0.2, 0.25) is 0 Å². The van der Waals surface area contributed by atoms with Crippen molar-refractivity contribution in [3.05, 3.63) is 41.3 Å². The van der Waals surface area contributed by atoms with E-state index in [2.05, 4.69) is 0 Å². The molecule has 0 heterocycles. The van der Waals surface area contributed by atoms with Crippen molar-refractivity contribution in [2.45, 2.75) is 84.6 Å². The molecule has 1 aliphatic rings. The van der Waals surface area contributed by atoms with Crippen molar-refractivity contribution >= 4 is 21.6 Å². The highest BCUT2D eigenvalue weighted by Crippen LogP contribution is 2.37. The average molecular weight is 449 g/mol. The van der Waals surface area contributed by atoms with Gasteiger partial charge >= 0.3 is 5.97 Å². The summed E-state index contributed by atoms with van der Waals surface area (Å²) in [6, 6.07) is 8.36. The SMILES string of the molecule is CC(=O)CC(C)(C)CC(C/C(=C\C1CC1)S(=O)(=O)c1ccccc1)OC(=O)C(C)(C)C. The molecule has 1 atom stereocenters. The van der Waals surface area contributed by atoms with Crippen LogP contribution in [-0.4, -0.2) is 26.3 Å². The molecule has 0 aromatic heterocycles. The van der Waals surface area contributed by atoms with Crippen molar-refractivity contribution in [3.8, 4) is 0 Å². The van der Waals surface area contributed by atoms with E-state index in [4.69, 9.17) is 4.74 Å². The van der Waals surface area contributed by atoms with Gasteiger partial charge in [-0.2, -0.15) is 0 Å². The second-order valence-electron chi connectivity index (χ2n) is 10.5. The van der Waals surface area contributed by atoms with Gasteiger partial charge in [-0.1, -0.05) is 38.1 Å². The van der Waals surface area contributed by atoms with Gasteiger partial charge in [-0.05, 0) is 70.4 Å². The van der Waals surface area contributed by atoms with E-state index < -0.39 is 26.8 Å². The molecule has 1 aliphatic carbocycles. The fourth-order valence-electron chi connectivity index (χ4n) is 3.61. The summed E-state index contributed by atoms with van der Waals surface area (Å²) < 4.78 is 32.6. The molecule has 1 aromatic carbocycles. The van der Waals surface area contributed by atoms with Gasteiger partial charge < -0.3 is 9.53 Å². The van der Waals surface area contributed by atoms with Crippen molar-refractivity contribution < 1.29 is 22.7 Å². The largest absolute Gasteiger partial charge is 0.462 e. The molecule has 6 heteroatoms. The van der Waals surface area contributed by atoms with Crippen molar-refractivity contribution in [1.29, 1.82) is 0 Å². The molecule has 172 valence electrons. The highest BCUT2D eigenvalue weighted by atomic mass is 32.2. The van der Waals surface area contributed by atoms with E-state index in [1.807, 2.05) is 19.9 Å². The van der Waals surface area contributed by atoms with Gasteiger partial charge in [-0.25, -0.2) is 8.42 Å². The van der Waals surface area contributed by atoms with Crippen molar-refractivity contribution in [2.24, 2.45) is 16.7 Å². The van der Waals surface area contributed by atoms with Crippen LogP contribution in [0.3, 0.4) is 0 Å². The van der Waals surface area contributed by atoms with E-state index in [0.717, 1.165) is 12.8 Å². The second kappa shape index (κ2) is 9.68. The summed E-state index contributed by atoms with van der Waals surface area (Å²) >= 11 is 0. The molecule has 5 nitrogen and oxygen atoms in total.